The van der Waals surface area contributed by atoms with Gasteiger partial charge in [0.2, 0.25) is 5.91 Å². The highest BCUT2D eigenvalue weighted by Gasteiger charge is 2.45. The fourth-order valence-corrected chi connectivity index (χ4v) is 6.95. The minimum atomic E-state index is -5.03. The number of hydrogen-bond acceptors (Lipinski definition) is 3. The summed E-state index contributed by atoms with van der Waals surface area (Å²) >= 11 is 0. The summed E-state index contributed by atoms with van der Waals surface area (Å²) in [4.78, 5) is 15.4. The predicted molar refractivity (Wildman–Crippen MR) is 162 cm³/mol. The average Bonchev–Trinajstić information content (AvgIpc) is 3.01. The maximum Gasteiger partial charge on any atom is 0.416 e. The summed E-state index contributed by atoms with van der Waals surface area (Å²) in [7, 11) is 0. The van der Waals surface area contributed by atoms with Gasteiger partial charge in [-0.05, 0) is 105 Å². The number of halogens is 8. The van der Waals surface area contributed by atoms with Crippen LogP contribution < -0.4 is 5.32 Å². The van der Waals surface area contributed by atoms with Crippen LogP contribution in [0.15, 0.2) is 72.8 Å². The molecule has 1 heterocycles. The number of piperidine rings is 1. The summed E-state index contributed by atoms with van der Waals surface area (Å²) in [5.41, 5.74) is -2.41. The predicted octanol–water partition coefficient (Wildman–Crippen LogP) is 8.02. The van der Waals surface area contributed by atoms with Crippen molar-refractivity contribution in [2.24, 2.45) is 0 Å². The van der Waals surface area contributed by atoms with Crippen LogP contribution in [0.4, 0.5) is 30.7 Å². The summed E-state index contributed by atoms with van der Waals surface area (Å²) in [5, 5.41) is 13.9. The van der Waals surface area contributed by atoms with Gasteiger partial charge in [0.25, 0.3) is 0 Å². The summed E-state index contributed by atoms with van der Waals surface area (Å²) in [6.45, 7) is 1.75. The van der Waals surface area contributed by atoms with Crippen molar-refractivity contribution >= 4 is 18.3 Å². The molecule has 5 rings (SSSR count). The van der Waals surface area contributed by atoms with E-state index in [1.165, 1.54) is 12.1 Å². The lowest BCUT2D eigenvalue weighted by Gasteiger charge is -2.47. The number of aliphatic hydroxyl groups is 1. The molecule has 12 heteroatoms. The smallest absolute Gasteiger partial charge is 0.373 e. The van der Waals surface area contributed by atoms with Gasteiger partial charge in [0, 0.05) is 11.5 Å². The van der Waals surface area contributed by atoms with E-state index in [0.717, 1.165) is 49.9 Å². The lowest BCUT2D eigenvalue weighted by Crippen LogP contribution is -2.55. The van der Waals surface area contributed by atoms with Crippen LogP contribution >= 0.6 is 12.4 Å². The van der Waals surface area contributed by atoms with Crippen LogP contribution in [0.3, 0.4) is 0 Å². The van der Waals surface area contributed by atoms with Crippen LogP contribution in [0.2, 0.25) is 0 Å². The highest BCUT2D eigenvalue weighted by molar-refractivity contribution is 5.85. The van der Waals surface area contributed by atoms with E-state index in [2.05, 4.69) is 10.2 Å². The first-order valence-electron chi connectivity index (χ1n) is 15.1. The van der Waals surface area contributed by atoms with E-state index in [0.29, 0.717) is 30.9 Å². The Bertz CT molecular complexity index is 1420. The fraction of sp³-hybridized carbons (Fsp3) is 0.441. The van der Waals surface area contributed by atoms with Gasteiger partial charge in [-0.3, -0.25) is 4.79 Å². The minimum absolute atomic E-state index is 0. The molecular weight excluding hydrogens is 637 g/mol. The Morgan fingerprint density at radius 3 is 1.91 bits per heavy atom. The number of rotatable bonds is 7. The van der Waals surface area contributed by atoms with Crippen LogP contribution in [0.5, 0.6) is 0 Å². The molecule has 0 aromatic heterocycles. The molecular formula is C34H36ClF7N2O2. The SMILES string of the molecule is Cl.O=C(Cc1cc(C(F)(F)F)cc(C(F)(F)F)c1)NC(O)C1(c2ccccc2)CCC(N2CCC(c3ccc(F)cc3)CC2)CC1. The molecule has 2 aliphatic rings. The lowest BCUT2D eigenvalue weighted by molar-refractivity contribution is -0.143. The summed E-state index contributed by atoms with van der Waals surface area (Å²) in [6, 6.07) is 17.1. The summed E-state index contributed by atoms with van der Waals surface area (Å²) < 4.78 is 93.3. The van der Waals surface area contributed by atoms with E-state index in [9.17, 15) is 40.6 Å². The molecule has 0 bridgehead atoms. The van der Waals surface area contributed by atoms with Gasteiger partial charge in [-0.25, -0.2) is 4.39 Å². The van der Waals surface area contributed by atoms with Crippen LogP contribution in [-0.4, -0.2) is 41.3 Å². The highest BCUT2D eigenvalue weighted by Crippen LogP contribution is 2.44. The summed E-state index contributed by atoms with van der Waals surface area (Å²) in [6.07, 6.45) is -7.86. The quantitative estimate of drug-likeness (QED) is 0.198. The molecule has 2 fully saturated rings. The normalized spacial score (nSPS) is 22.1. The molecule has 1 aliphatic carbocycles. The Balaban J connectivity index is 0.00000480. The summed E-state index contributed by atoms with van der Waals surface area (Å²) in [5.74, 6) is -0.782. The van der Waals surface area contributed by atoms with Crippen molar-refractivity contribution in [3.8, 4) is 0 Å². The van der Waals surface area contributed by atoms with Crippen molar-refractivity contribution in [1.82, 2.24) is 10.2 Å². The number of carbonyl (C=O) groups excluding carboxylic acids is 1. The highest BCUT2D eigenvalue weighted by atomic mass is 35.5. The number of alkyl halides is 6. The molecule has 1 unspecified atom stereocenters. The second-order valence-electron chi connectivity index (χ2n) is 12.2. The third kappa shape index (κ3) is 8.22. The third-order valence-electron chi connectivity index (χ3n) is 9.42. The number of aliphatic hydroxyl groups excluding tert-OH is 1. The van der Waals surface area contributed by atoms with Crippen LogP contribution in [-0.2, 0) is 29.0 Å². The molecule has 1 amide bonds. The molecule has 4 nitrogen and oxygen atoms in total. The molecule has 2 N–H and O–H groups in total. The standard InChI is InChI=1S/C34H35F7N2O2.ClH/c35-28-8-6-23(7-9-28)24-12-16-43(17-13-24)29-10-14-32(15-11-29,25-4-2-1-3-5-25)31(45)42-30(44)20-22-18-26(33(36,37)38)21-27(19-22)34(39,40)41;/h1-9,18-19,21,24,29,31,45H,10-17,20H2,(H,42,44);1H. The Morgan fingerprint density at radius 2 is 1.39 bits per heavy atom. The molecule has 1 aliphatic heterocycles. The number of nitrogens with zero attached hydrogens (tertiary/aromatic N) is 1. The van der Waals surface area contributed by atoms with Crippen molar-refractivity contribution in [1.29, 1.82) is 0 Å². The van der Waals surface area contributed by atoms with Crippen molar-refractivity contribution < 1.29 is 40.6 Å². The molecule has 0 spiro atoms. The van der Waals surface area contributed by atoms with E-state index in [-0.39, 0.29) is 30.3 Å². The number of hydrogen-bond donors (Lipinski definition) is 2. The van der Waals surface area contributed by atoms with Crippen LogP contribution in [0.25, 0.3) is 0 Å². The van der Waals surface area contributed by atoms with Gasteiger partial charge in [-0.15, -0.1) is 12.4 Å². The number of nitrogens with one attached hydrogen (secondary N) is 1. The molecule has 1 saturated heterocycles. The van der Waals surface area contributed by atoms with E-state index < -0.39 is 53.0 Å². The van der Waals surface area contributed by atoms with Gasteiger partial charge in [-0.2, -0.15) is 26.3 Å². The van der Waals surface area contributed by atoms with E-state index >= 15 is 0 Å². The van der Waals surface area contributed by atoms with Crippen LogP contribution in [0.1, 0.15) is 72.3 Å². The molecule has 46 heavy (non-hydrogen) atoms. The maximum absolute atomic E-state index is 13.4. The van der Waals surface area contributed by atoms with Gasteiger partial charge in [0.1, 0.15) is 12.0 Å². The zero-order chi connectivity index (χ0) is 32.4. The van der Waals surface area contributed by atoms with Gasteiger partial charge in [0.05, 0.1) is 17.5 Å². The number of amides is 1. The average molecular weight is 673 g/mol. The van der Waals surface area contributed by atoms with Gasteiger partial charge < -0.3 is 15.3 Å². The molecule has 1 saturated carbocycles. The van der Waals surface area contributed by atoms with Gasteiger partial charge in [0.15, 0.2) is 0 Å². The Hall–Kier alpha value is -3.15. The van der Waals surface area contributed by atoms with Crippen molar-refractivity contribution in [2.75, 3.05) is 13.1 Å². The zero-order valence-electron chi connectivity index (χ0n) is 24.9. The van der Waals surface area contributed by atoms with Crippen molar-refractivity contribution in [2.45, 2.75) is 80.9 Å². The third-order valence-corrected chi connectivity index (χ3v) is 9.42. The first kappa shape index (κ1) is 35.7. The first-order valence-corrected chi connectivity index (χ1v) is 15.1. The van der Waals surface area contributed by atoms with Crippen molar-refractivity contribution in [3.05, 3.63) is 106 Å². The number of carbonyl (C=O) groups is 1. The topological polar surface area (TPSA) is 52.6 Å². The van der Waals surface area contributed by atoms with Gasteiger partial charge in [-0.1, -0.05) is 42.5 Å². The number of likely N-dealkylation sites (tertiary alicyclic amines) is 1. The maximum atomic E-state index is 13.4. The second-order valence-corrected chi connectivity index (χ2v) is 12.2. The van der Waals surface area contributed by atoms with Crippen molar-refractivity contribution in [3.63, 3.8) is 0 Å². The zero-order valence-corrected chi connectivity index (χ0v) is 25.7. The Morgan fingerprint density at radius 1 is 0.848 bits per heavy atom. The second kappa shape index (κ2) is 14.3. The fourth-order valence-electron chi connectivity index (χ4n) is 6.95. The minimum Gasteiger partial charge on any atom is -0.373 e. The van der Waals surface area contributed by atoms with Gasteiger partial charge >= 0.3 is 12.4 Å². The first-order chi connectivity index (χ1) is 21.2. The van der Waals surface area contributed by atoms with E-state index in [1.54, 1.807) is 0 Å². The van der Waals surface area contributed by atoms with Crippen LogP contribution in [0, 0.1) is 5.82 Å². The number of benzene rings is 3. The molecule has 3 aromatic carbocycles. The molecule has 3 aromatic rings. The van der Waals surface area contributed by atoms with E-state index in [4.69, 9.17) is 0 Å². The monoisotopic (exact) mass is 672 g/mol. The van der Waals surface area contributed by atoms with E-state index in [1.807, 2.05) is 42.5 Å². The molecule has 1 atom stereocenters. The lowest BCUT2D eigenvalue weighted by atomic mass is 9.66. The molecule has 250 valence electrons. The molecule has 0 radical (unpaired) electrons. The Kier molecular flexibility index (Phi) is 11.1. The largest absolute Gasteiger partial charge is 0.416 e. The Labute approximate surface area is 269 Å².